The van der Waals surface area contributed by atoms with Crippen LogP contribution in [0.25, 0.3) is 0 Å². The highest BCUT2D eigenvalue weighted by Crippen LogP contribution is 2.08. The largest absolute Gasteiger partial charge is 0.359 e. The normalized spacial score (nSPS) is 12.8. The molecular weight excluding hydrogens is 152 g/mol. The summed E-state index contributed by atoms with van der Waals surface area (Å²) in [4.78, 5) is 0. The van der Waals surface area contributed by atoms with Gasteiger partial charge in [0.15, 0.2) is 0 Å². The van der Waals surface area contributed by atoms with Gasteiger partial charge < -0.3 is 9.47 Å². The van der Waals surface area contributed by atoms with Crippen molar-refractivity contribution in [2.75, 3.05) is 13.9 Å². The topological polar surface area (TPSA) is 18.5 Å². The Balaban J connectivity index is 3.46. The maximum absolute atomic E-state index is 5.44. The zero-order chi connectivity index (χ0) is 9.23. The third-order valence-electron chi connectivity index (χ3n) is 1.73. The minimum Gasteiger partial charge on any atom is -0.359 e. The molecule has 0 aliphatic rings. The van der Waals surface area contributed by atoms with Crippen LogP contribution >= 0.6 is 0 Å². The molecule has 0 N–H and O–H groups in total. The average Bonchev–Trinajstić information content (AvgIpc) is 2.10. The molecular formula is C10H20O2. The smallest absolute Gasteiger partial charge is 0.146 e. The van der Waals surface area contributed by atoms with E-state index in [0.717, 1.165) is 12.8 Å². The second-order valence-electron chi connectivity index (χ2n) is 2.86. The van der Waals surface area contributed by atoms with Crippen molar-refractivity contribution in [2.24, 2.45) is 0 Å². The van der Waals surface area contributed by atoms with Crippen LogP contribution in [0.5, 0.6) is 0 Å². The van der Waals surface area contributed by atoms with Crippen LogP contribution in [0.1, 0.15) is 32.6 Å². The van der Waals surface area contributed by atoms with Crippen LogP contribution in [0.15, 0.2) is 12.7 Å². The van der Waals surface area contributed by atoms with Gasteiger partial charge in [0.1, 0.15) is 6.79 Å². The van der Waals surface area contributed by atoms with Gasteiger partial charge in [-0.3, -0.25) is 0 Å². The third-order valence-corrected chi connectivity index (χ3v) is 1.73. The number of hydrogen-bond donors (Lipinski definition) is 0. The fraction of sp³-hybridized carbons (Fsp3) is 0.800. The molecule has 0 rings (SSSR count). The second kappa shape index (κ2) is 8.75. The maximum Gasteiger partial charge on any atom is 0.146 e. The number of ether oxygens (including phenoxy) is 2. The van der Waals surface area contributed by atoms with Crippen molar-refractivity contribution in [3.05, 3.63) is 12.7 Å². The molecule has 72 valence electrons. The molecule has 0 aliphatic heterocycles. The van der Waals surface area contributed by atoms with E-state index in [2.05, 4.69) is 13.5 Å². The zero-order valence-electron chi connectivity index (χ0n) is 8.21. The summed E-state index contributed by atoms with van der Waals surface area (Å²) < 4.78 is 10.3. The van der Waals surface area contributed by atoms with E-state index in [1.54, 1.807) is 7.11 Å². The average molecular weight is 172 g/mol. The summed E-state index contributed by atoms with van der Waals surface area (Å²) in [6.07, 6.45) is 6.64. The van der Waals surface area contributed by atoms with Gasteiger partial charge in [0.05, 0.1) is 6.10 Å². The van der Waals surface area contributed by atoms with Crippen molar-refractivity contribution in [3.63, 3.8) is 0 Å². The highest BCUT2D eigenvalue weighted by atomic mass is 16.7. The third kappa shape index (κ3) is 6.38. The van der Waals surface area contributed by atoms with Crippen molar-refractivity contribution in [1.82, 2.24) is 0 Å². The van der Waals surface area contributed by atoms with Gasteiger partial charge in [-0.05, 0) is 12.8 Å². The van der Waals surface area contributed by atoms with Crippen molar-refractivity contribution in [2.45, 2.75) is 38.7 Å². The van der Waals surface area contributed by atoms with Crippen LogP contribution in [0, 0.1) is 0 Å². The Morgan fingerprint density at radius 3 is 2.75 bits per heavy atom. The summed E-state index contributed by atoms with van der Waals surface area (Å²) in [5.41, 5.74) is 0. The van der Waals surface area contributed by atoms with Crippen LogP contribution in [0.2, 0.25) is 0 Å². The van der Waals surface area contributed by atoms with Gasteiger partial charge in [0.25, 0.3) is 0 Å². The molecule has 0 fully saturated rings. The fourth-order valence-corrected chi connectivity index (χ4v) is 1.05. The first kappa shape index (κ1) is 11.7. The molecule has 0 radical (unpaired) electrons. The van der Waals surface area contributed by atoms with E-state index < -0.39 is 0 Å². The standard InChI is InChI=1S/C10H20O2/c1-4-6-8-10(7-5-2)12-9-11-3/h5,10H,2,4,6-9H2,1,3H3/t10-/m0/s1. The fourth-order valence-electron chi connectivity index (χ4n) is 1.05. The molecule has 0 saturated heterocycles. The summed E-state index contributed by atoms with van der Waals surface area (Å²) in [7, 11) is 1.64. The molecule has 0 heterocycles. The highest BCUT2D eigenvalue weighted by molar-refractivity contribution is 4.73. The Kier molecular flexibility index (Phi) is 8.51. The van der Waals surface area contributed by atoms with Crippen molar-refractivity contribution in [1.29, 1.82) is 0 Å². The lowest BCUT2D eigenvalue weighted by atomic mass is 10.1. The van der Waals surface area contributed by atoms with E-state index in [1.165, 1.54) is 12.8 Å². The SMILES string of the molecule is C=CC[C@@H](CCCC)OCOC. The molecule has 0 amide bonds. The van der Waals surface area contributed by atoms with E-state index in [1.807, 2.05) is 6.08 Å². The monoisotopic (exact) mass is 172 g/mol. The Morgan fingerprint density at radius 2 is 2.25 bits per heavy atom. The molecule has 1 atom stereocenters. The first-order valence-electron chi connectivity index (χ1n) is 4.56. The molecule has 2 heteroatoms. The van der Waals surface area contributed by atoms with Crippen LogP contribution in [0.4, 0.5) is 0 Å². The number of methoxy groups -OCH3 is 1. The Hall–Kier alpha value is -0.340. The van der Waals surface area contributed by atoms with Crippen LogP contribution in [0.3, 0.4) is 0 Å². The van der Waals surface area contributed by atoms with Gasteiger partial charge in [0.2, 0.25) is 0 Å². The van der Waals surface area contributed by atoms with E-state index in [0.29, 0.717) is 12.9 Å². The summed E-state index contributed by atoms with van der Waals surface area (Å²) in [6.45, 7) is 6.27. The number of unbranched alkanes of at least 4 members (excludes halogenated alkanes) is 1. The Labute approximate surface area is 75.6 Å². The first-order valence-corrected chi connectivity index (χ1v) is 4.56. The zero-order valence-corrected chi connectivity index (χ0v) is 8.21. The molecule has 12 heavy (non-hydrogen) atoms. The highest BCUT2D eigenvalue weighted by Gasteiger charge is 2.05. The van der Waals surface area contributed by atoms with Crippen LogP contribution in [-0.2, 0) is 9.47 Å². The molecule has 0 aromatic carbocycles. The molecule has 0 spiro atoms. The van der Waals surface area contributed by atoms with Gasteiger partial charge >= 0.3 is 0 Å². The Bertz CT molecular complexity index is 94.0. The lowest BCUT2D eigenvalue weighted by Gasteiger charge is -2.14. The van der Waals surface area contributed by atoms with E-state index in [9.17, 15) is 0 Å². The quantitative estimate of drug-likeness (QED) is 0.414. The lowest BCUT2D eigenvalue weighted by Crippen LogP contribution is -2.13. The van der Waals surface area contributed by atoms with E-state index in [4.69, 9.17) is 9.47 Å². The van der Waals surface area contributed by atoms with Crippen molar-refractivity contribution < 1.29 is 9.47 Å². The predicted molar refractivity (Wildman–Crippen MR) is 51.1 cm³/mol. The van der Waals surface area contributed by atoms with Gasteiger partial charge in [-0.15, -0.1) is 6.58 Å². The molecule has 0 unspecified atom stereocenters. The van der Waals surface area contributed by atoms with Crippen LogP contribution < -0.4 is 0 Å². The number of hydrogen-bond acceptors (Lipinski definition) is 2. The minimum atomic E-state index is 0.294. The van der Waals surface area contributed by atoms with Crippen molar-refractivity contribution >= 4 is 0 Å². The molecule has 2 nitrogen and oxygen atoms in total. The first-order chi connectivity index (χ1) is 5.85. The molecule has 0 aromatic heterocycles. The van der Waals surface area contributed by atoms with Gasteiger partial charge in [0, 0.05) is 7.11 Å². The second-order valence-corrected chi connectivity index (χ2v) is 2.86. The Morgan fingerprint density at radius 1 is 1.50 bits per heavy atom. The van der Waals surface area contributed by atoms with Gasteiger partial charge in [-0.25, -0.2) is 0 Å². The van der Waals surface area contributed by atoms with Gasteiger partial charge in [-0.2, -0.15) is 0 Å². The summed E-state index contributed by atoms with van der Waals surface area (Å²) >= 11 is 0. The predicted octanol–water partition coefficient (Wildman–Crippen LogP) is 2.74. The minimum absolute atomic E-state index is 0.294. The summed E-state index contributed by atoms with van der Waals surface area (Å²) in [5.74, 6) is 0. The number of rotatable bonds is 8. The van der Waals surface area contributed by atoms with E-state index in [-0.39, 0.29) is 0 Å². The molecule has 0 saturated carbocycles. The molecule has 0 aliphatic carbocycles. The van der Waals surface area contributed by atoms with E-state index >= 15 is 0 Å². The maximum atomic E-state index is 5.44. The summed E-state index contributed by atoms with van der Waals surface area (Å²) in [5, 5.41) is 0. The molecule has 0 aromatic rings. The van der Waals surface area contributed by atoms with Gasteiger partial charge in [-0.1, -0.05) is 25.8 Å². The lowest BCUT2D eigenvalue weighted by molar-refractivity contribution is -0.0731. The summed E-state index contributed by atoms with van der Waals surface area (Å²) in [6, 6.07) is 0. The van der Waals surface area contributed by atoms with Crippen molar-refractivity contribution in [3.8, 4) is 0 Å². The van der Waals surface area contributed by atoms with Crippen LogP contribution in [-0.4, -0.2) is 20.0 Å². The molecule has 0 bridgehead atoms.